The Balaban J connectivity index is 1.51. The van der Waals surface area contributed by atoms with Gasteiger partial charge < -0.3 is 20.6 Å². The number of anilines is 2. The number of hydrogen-bond acceptors (Lipinski definition) is 5. The SMILES string of the molecule is CC(C)[C@H](CO)N1C(=O)[C@@H]2[C@@H](C(=O)Nc3ccccc3)[C@H]3CCC2(S3)C1C(=O)Nc1ccc(Cl)cc1. The summed E-state index contributed by atoms with van der Waals surface area (Å²) in [7, 11) is 0. The van der Waals surface area contributed by atoms with Gasteiger partial charge >= 0.3 is 0 Å². The van der Waals surface area contributed by atoms with Crippen molar-refractivity contribution in [2.24, 2.45) is 17.8 Å². The monoisotopic (exact) mass is 527 g/mol. The van der Waals surface area contributed by atoms with Crippen LogP contribution in [-0.2, 0) is 14.4 Å². The van der Waals surface area contributed by atoms with E-state index in [1.807, 2.05) is 44.2 Å². The van der Waals surface area contributed by atoms with Crippen molar-refractivity contribution in [3.8, 4) is 0 Å². The van der Waals surface area contributed by atoms with Gasteiger partial charge in [0.05, 0.1) is 29.2 Å². The Kier molecular flexibility index (Phi) is 6.78. The summed E-state index contributed by atoms with van der Waals surface area (Å²) in [6.07, 6.45) is 1.42. The number of benzene rings is 2. The van der Waals surface area contributed by atoms with E-state index < -0.39 is 28.7 Å². The molecule has 9 heteroatoms. The number of aliphatic hydroxyl groups is 1. The van der Waals surface area contributed by atoms with Crippen molar-refractivity contribution in [2.75, 3.05) is 17.2 Å². The Morgan fingerprint density at radius 1 is 1.08 bits per heavy atom. The number of thioether (sulfide) groups is 1. The van der Waals surface area contributed by atoms with Crippen molar-refractivity contribution >= 4 is 52.5 Å². The second kappa shape index (κ2) is 9.72. The normalized spacial score (nSPS) is 29.4. The van der Waals surface area contributed by atoms with Crippen molar-refractivity contribution in [1.29, 1.82) is 0 Å². The fourth-order valence-electron chi connectivity index (χ4n) is 6.16. The minimum absolute atomic E-state index is 0.0396. The van der Waals surface area contributed by atoms with Crippen molar-refractivity contribution in [3.05, 3.63) is 59.6 Å². The number of amides is 3. The summed E-state index contributed by atoms with van der Waals surface area (Å²) < 4.78 is -0.723. The summed E-state index contributed by atoms with van der Waals surface area (Å²) in [5.41, 5.74) is 1.26. The summed E-state index contributed by atoms with van der Waals surface area (Å²) in [6, 6.07) is 14.7. The fraction of sp³-hybridized carbons (Fsp3) is 0.444. The first-order chi connectivity index (χ1) is 17.3. The third-order valence-electron chi connectivity index (χ3n) is 7.76. The van der Waals surface area contributed by atoms with E-state index >= 15 is 0 Å². The lowest BCUT2D eigenvalue weighted by atomic mass is 9.70. The molecular weight excluding hydrogens is 498 g/mol. The van der Waals surface area contributed by atoms with Crippen LogP contribution >= 0.6 is 23.4 Å². The Bertz CT molecular complexity index is 1160. The van der Waals surface area contributed by atoms with Crippen molar-refractivity contribution in [2.45, 2.75) is 48.8 Å². The molecule has 3 aliphatic rings. The molecule has 3 saturated heterocycles. The highest BCUT2D eigenvalue weighted by atomic mass is 35.5. The highest BCUT2D eigenvalue weighted by Gasteiger charge is 2.74. The molecule has 3 heterocycles. The number of nitrogens with one attached hydrogen (secondary N) is 2. The summed E-state index contributed by atoms with van der Waals surface area (Å²) in [5, 5.41) is 16.7. The van der Waals surface area contributed by atoms with Crippen molar-refractivity contribution < 1.29 is 19.5 Å². The number of halogens is 1. The zero-order chi connectivity index (χ0) is 25.6. The molecule has 190 valence electrons. The number of rotatable bonds is 7. The maximum atomic E-state index is 14.1. The van der Waals surface area contributed by atoms with Crippen LogP contribution in [-0.4, -0.2) is 56.4 Å². The van der Waals surface area contributed by atoms with E-state index in [-0.39, 0.29) is 35.5 Å². The minimum atomic E-state index is -0.797. The lowest BCUT2D eigenvalue weighted by Gasteiger charge is -2.38. The zero-order valence-corrected chi connectivity index (χ0v) is 21.8. The predicted molar refractivity (Wildman–Crippen MR) is 142 cm³/mol. The molecule has 36 heavy (non-hydrogen) atoms. The van der Waals surface area contributed by atoms with E-state index in [1.165, 1.54) is 0 Å². The zero-order valence-electron chi connectivity index (χ0n) is 20.2. The van der Waals surface area contributed by atoms with Crippen LogP contribution in [0, 0.1) is 17.8 Å². The average molecular weight is 528 g/mol. The highest BCUT2D eigenvalue weighted by Crippen LogP contribution is 2.66. The van der Waals surface area contributed by atoms with Crippen LogP contribution in [0.5, 0.6) is 0 Å². The Hall–Kier alpha value is -2.55. The van der Waals surface area contributed by atoms with E-state index in [2.05, 4.69) is 10.6 Å². The van der Waals surface area contributed by atoms with Crippen LogP contribution in [0.1, 0.15) is 26.7 Å². The maximum absolute atomic E-state index is 14.1. The third kappa shape index (κ3) is 4.09. The quantitative estimate of drug-likeness (QED) is 0.505. The van der Waals surface area contributed by atoms with Crippen LogP contribution < -0.4 is 10.6 Å². The molecule has 2 aromatic rings. The van der Waals surface area contributed by atoms with Gasteiger partial charge in [0.2, 0.25) is 17.7 Å². The molecule has 5 rings (SSSR count). The first-order valence-corrected chi connectivity index (χ1v) is 13.6. The molecule has 3 fully saturated rings. The molecular formula is C27H30ClN3O4S. The van der Waals surface area contributed by atoms with Crippen LogP contribution in [0.3, 0.4) is 0 Å². The van der Waals surface area contributed by atoms with E-state index in [9.17, 15) is 19.5 Å². The molecule has 2 aromatic carbocycles. The number of nitrogens with zero attached hydrogens (tertiary/aromatic N) is 1. The molecule has 0 aliphatic carbocycles. The molecule has 3 aliphatic heterocycles. The van der Waals surface area contributed by atoms with E-state index in [0.717, 1.165) is 6.42 Å². The number of aliphatic hydroxyl groups excluding tert-OH is 1. The topological polar surface area (TPSA) is 98.7 Å². The second-order valence-corrected chi connectivity index (χ2v) is 12.2. The minimum Gasteiger partial charge on any atom is -0.394 e. The molecule has 2 unspecified atom stereocenters. The molecule has 0 aromatic heterocycles. The Labute approximate surface area is 220 Å². The van der Waals surface area contributed by atoms with Crippen molar-refractivity contribution in [3.63, 3.8) is 0 Å². The number of hydrogen-bond donors (Lipinski definition) is 3. The molecule has 3 amide bonds. The van der Waals surface area contributed by atoms with Gasteiger partial charge in [0.25, 0.3) is 0 Å². The van der Waals surface area contributed by atoms with Gasteiger partial charge in [-0.3, -0.25) is 14.4 Å². The standard InChI is InChI=1S/C27H30ClN3O4S/c1-15(2)19(14-32)31-23(25(34)30-18-10-8-16(28)9-11-18)27-13-12-20(36-27)21(22(27)26(31)35)24(33)29-17-6-4-3-5-7-17/h3-11,15,19-23,32H,12-14H2,1-2H3,(H,29,33)(H,30,34)/t19-,20+,21-,22-,23?,27?/m0/s1. The molecule has 6 atom stereocenters. The predicted octanol–water partition coefficient (Wildman–Crippen LogP) is 4.03. The van der Waals surface area contributed by atoms with Crippen LogP contribution in [0.25, 0.3) is 0 Å². The smallest absolute Gasteiger partial charge is 0.248 e. The van der Waals surface area contributed by atoms with Crippen molar-refractivity contribution in [1.82, 2.24) is 4.90 Å². The van der Waals surface area contributed by atoms with E-state index in [0.29, 0.717) is 22.8 Å². The molecule has 2 bridgehead atoms. The number of fused-ring (bicyclic) bond motifs is 1. The lowest BCUT2D eigenvalue weighted by Crippen LogP contribution is -2.56. The second-order valence-electron chi connectivity index (χ2n) is 10.1. The Morgan fingerprint density at radius 2 is 1.72 bits per heavy atom. The molecule has 0 radical (unpaired) electrons. The van der Waals surface area contributed by atoms with E-state index in [4.69, 9.17) is 11.6 Å². The first-order valence-electron chi connectivity index (χ1n) is 12.3. The van der Waals surface area contributed by atoms with Gasteiger partial charge in [0.15, 0.2) is 0 Å². The van der Waals surface area contributed by atoms with Gasteiger partial charge in [-0.05, 0) is 55.2 Å². The molecule has 1 spiro atoms. The number of para-hydroxylation sites is 1. The summed E-state index contributed by atoms with van der Waals surface area (Å²) in [5.74, 6) is -1.95. The highest BCUT2D eigenvalue weighted by molar-refractivity contribution is 8.02. The van der Waals surface area contributed by atoms with Gasteiger partial charge in [-0.15, -0.1) is 11.8 Å². The largest absolute Gasteiger partial charge is 0.394 e. The average Bonchev–Trinajstić information content (AvgIpc) is 3.49. The van der Waals surface area contributed by atoms with E-state index in [1.54, 1.807) is 40.9 Å². The summed E-state index contributed by atoms with van der Waals surface area (Å²) in [6.45, 7) is 3.60. The van der Waals surface area contributed by atoms with Gasteiger partial charge in [-0.2, -0.15) is 0 Å². The summed E-state index contributed by atoms with van der Waals surface area (Å²) >= 11 is 7.61. The summed E-state index contributed by atoms with van der Waals surface area (Å²) in [4.78, 5) is 43.0. The van der Waals surface area contributed by atoms with Crippen LogP contribution in [0.2, 0.25) is 5.02 Å². The maximum Gasteiger partial charge on any atom is 0.248 e. The third-order valence-corrected chi connectivity index (χ3v) is 9.96. The molecule has 3 N–H and O–H groups in total. The van der Waals surface area contributed by atoms with Gasteiger partial charge in [-0.25, -0.2) is 0 Å². The molecule has 7 nitrogen and oxygen atoms in total. The fourth-order valence-corrected chi connectivity index (χ4v) is 8.49. The number of carbonyl (C=O) groups is 3. The lowest BCUT2D eigenvalue weighted by molar-refractivity contribution is -0.142. The molecule has 0 saturated carbocycles. The van der Waals surface area contributed by atoms with Gasteiger partial charge in [-0.1, -0.05) is 43.6 Å². The number of carbonyl (C=O) groups excluding carboxylic acids is 3. The van der Waals surface area contributed by atoms with Gasteiger partial charge in [0.1, 0.15) is 6.04 Å². The Morgan fingerprint density at radius 3 is 2.36 bits per heavy atom. The number of likely N-dealkylation sites (tertiary alicyclic amines) is 1. The van der Waals surface area contributed by atoms with Gasteiger partial charge in [0, 0.05) is 21.6 Å². The van der Waals surface area contributed by atoms with Crippen LogP contribution in [0.4, 0.5) is 11.4 Å². The van der Waals surface area contributed by atoms with Crippen LogP contribution in [0.15, 0.2) is 54.6 Å². The first kappa shape index (κ1) is 25.1.